The molecule has 0 aromatic carbocycles. The van der Waals surface area contributed by atoms with Crippen LogP contribution in [-0.2, 0) is 37.5 Å². The minimum absolute atomic E-state index is 0.0619. The summed E-state index contributed by atoms with van der Waals surface area (Å²) in [4.78, 5) is 49.5. The number of esters is 2. The zero-order valence-corrected chi connectivity index (χ0v) is 37.4. The number of rotatable bonds is 39. The molecule has 0 N–H and O–H groups in total. The third-order valence-electron chi connectivity index (χ3n) is 8.99. The zero-order chi connectivity index (χ0) is 42.3. The lowest BCUT2D eigenvalue weighted by Gasteiger charge is -2.28. The van der Waals surface area contributed by atoms with Crippen LogP contribution in [0.4, 0.5) is 0 Å². The van der Waals surface area contributed by atoms with Gasteiger partial charge in [0.15, 0.2) is 11.9 Å². The molecule has 0 rings (SSSR count). The van der Waals surface area contributed by atoms with Gasteiger partial charge in [-0.25, -0.2) is 0 Å². The largest absolute Gasteiger partial charge is 0.756 e. The summed E-state index contributed by atoms with van der Waals surface area (Å²) in [5, 5.41) is 0. The Morgan fingerprint density at radius 1 is 0.596 bits per heavy atom. The number of nitrogens with zero attached hydrogens (tertiary/aromatic N) is 1. The smallest absolute Gasteiger partial charge is 0.306 e. The van der Waals surface area contributed by atoms with Gasteiger partial charge in [0.05, 0.1) is 27.7 Å². The van der Waals surface area contributed by atoms with Crippen LogP contribution in [0.1, 0.15) is 162 Å². The molecule has 1 unspecified atom stereocenters. The molecule has 0 heterocycles. The molecular formula is C46H80NO9P. The molecule has 0 spiro atoms. The summed E-state index contributed by atoms with van der Waals surface area (Å²) in [6.07, 6.45) is 40.8. The number of phosphoric ester groups is 1. The molecule has 0 aromatic heterocycles. The Labute approximate surface area is 347 Å². The van der Waals surface area contributed by atoms with Gasteiger partial charge >= 0.3 is 11.9 Å². The number of carbonyl (C=O) groups is 3. The summed E-state index contributed by atoms with van der Waals surface area (Å²) >= 11 is 0. The normalized spacial score (nSPS) is 14.1. The topological polar surface area (TPSA) is 128 Å². The van der Waals surface area contributed by atoms with Crippen molar-refractivity contribution < 1.29 is 46.8 Å². The van der Waals surface area contributed by atoms with E-state index in [0.717, 1.165) is 51.4 Å². The van der Waals surface area contributed by atoms with Crippen molar-refractivity contribution in [2.24, 2.45) is 0 Å². The van der Waals surface area contributed by atoms with Gasteiger partial charge in [0.1, 0.15) is 19.8 Å². The van der Waals surface area contributed by atoms with Crippen LogP contribution in [0.2, 0.25) is 0 Å². The lowest BCUT2D eigenvalue weighted by molar-refractivity contribution is -0.870. The molecule has 0 aliphatic heterocycles. The van der Waals surface area contributed by atoms with E-state index in [0.29, 0.717) is 36.7 Å². The first-order chi connectivity index (χ1) is 27.4. The molecule has 0 aliphatic rings. The molecule has 0 aliphatic carbocycles. The first kappa shape index (κ1) is 54.4. The standard InChI is InChI=1S/C46H80NO9P/c1-6-8-10-12-14-15-16-17-18-19-20-21-22-23-25-29-34-38-46(50)56-44(42-55-57(51,52)54-40-39-47(3,4)5)41-53-45(49)37-33-30-26-28-32-36-43(48)35-31-27-24-13-11-9-7-2/h17-18,20-21,23-25,27,31,35,44H,6-16,19,22,26,28-30,32-34,36-42H2,1-5H3/b18-17-,21-20-,25-23-,27-24-,35-31+/t44-/m1/s1. The highest BCUT2D eigenvalue weighted by Gasteiger charge is 2.21. The van der Waals surface area contributed by atoms with E-state index < -0.39 is 32.5 Å². The Hall–Kier alpha value is -2.62. The van der Waals surface area contributed by atoms with Crippen molar-refractivity contribution in [3.05, 3.63) is 60.8 Å². The van der Waals surface area contributed by atoms with E-state index in [-0.39, 0.29) is 31.8 Å². The van der Waals surface area contributed by atoms with Gasteiger partial charge in [0.25, 0.3) is 7.82 Å². The molecule has 0 fully saturated rings. The number of quaternary nitrogens is 1. The molecule has 10 nitrogen and oxygen atoms in total. The maximum absolute atomic E-state index is 12.6. The minimum atomic E-state index is -4.67. The van der Waals surface area contributed by atoms with Crippen LogP contribution in [-0.4, -0.2) is 75.8 Å². The Morgan fingerprint density at radius 3 is 1.79 bits per heavy atom. The van der Waals surface area contributed by atoms with Gasteiger partial charge < -0.3 is 27.9 Å². The fourth-order valence-electron chi connectivity index (χ4n) is 5.47. The van der Waals surface area contributed by atoms with Crippen molar-refractivity contribution in [3.8, 4) is 0 Å². The lowest BCUT2D eigenvalue weighted by Crippen LogP contribution is -2.37. The molecule has 0 bridgehead atoms. The predicted molar refractivity (Wildman–Crippen MR) is 231 cm³/mol. The summed E-state index contributed by atoms with van der Waals surface area (Å²) in [6, 6.07) is 0. The minimum Gasteiger partial charge on any atom is -0.756 e. The third-order valence-corrected chi connectivity index (χ3v) is 9.95. The maximum Gasteiger partial charge on any atom is 0.306 e. The molecule has 11 heteroatoms. The van der Waals surface area contributed by atoms with Crippen molar-refractivity contribution in [2.75, 3.05) is 47.5 Å². The number of likely N-dealkylation sites (N-methyl/N-ethyl adjacent to an activating group) is 1. The second-order valence-electron chi connectivity index (χ2n) is 15.7. The van der Waals surface area contributed by atoms with Crippen LogP contribution >= 0.6 is 7.82 Å². The monoisotopic (exact) mass is 822 g/mol. The van der Waals surface area contributed by atoms with Gasteiger partial charge in [0.2, 0.25) is 0 Å². The number of phosphoric acid groups is 1. The van der Waals surface area contributed by atoms with Gasteiger partial charge in [-0.15, -0.1) is 0 Å². The second kappa shape index (κ2) is 37.6. The van der Waals surface area contributed by atoms with Gasteiger partial charge in [-0.3, -0.25) is 18.9 Å². The van der Waals surface area contributed by atoms with Gasteiger partial charge in [0, 0.05) is 19.3 Å². The fourth-order valence-corrected chi connectivity index (χ4v) is 6.20. The number of hydrogen-bond acceptors (Lipinski definition) is 9. The van der Waals surface area contributed by atoms with Crippen LogP contribution < -0.4 is 4.89 Å². The Kier molecular flexibility index (Phi) is 35.9. The van der Waals surface area contributed by atoms with Crippen molar-refractivity contribution in [1.29, 1.82) is 0 Å². The average molecular weight is 822 g/mol. The third kappa shape index (κ3) is 41.3. The van der Waals surface area contributed by atoms with Crippen molar-refractivity contribution in [3.63, 3.8) is 0 Å². The van der Waals surface area contributed by atoms with Crippen LogP contribution in [0, 0.1) is 0 Å². The van der Waals surface area contributed by atoms with E-state index in [1.54, 1.807) is 6.08 Å². The second-order valence-corrected chi connectivity index (χ2v) is 17.1. The van der Waals surface area contributed by atoms with Crippen LogP contribution in [0.5, 0.6) is 0 Å². The van der Waals surface area contributed by atoms with Gasteiger partial charge in [-0.1, -0.05) is 133 Å². The molecule has 2 atom stereocenters. The fraction of sp³-hybridized carbons (Fsp3) is 0.717. The molecule has 0 saturated carbocycles. The van der Waals surface area contributed by atoms with E-state index in [4.69, 9.17) is 18.5 Å². The average Bonchev–Trinajstić information content (AvgIpc) is 3.15. The highest BCUT2D eigenvalue weighted by molar-refractivity contribution is 7.45. The number of hydrogen-bond donors (Lipinski definition) is 0. The molecule has 0 amide bonds. The Balaban J connectivity index is 4.54. The number of allylic oxidation sites excluding steroid dienone is 10. The molecule has 57 heavy (non-hydrogen) atoms. The maximum atomic E-state index is 12.6. The number of carbonyl (C=O) groups excluding carboxylic acids is 3. The van der Waals surface area contributed by atoms with E-state index >= 15 is 0 Å². The molecular weight excluding hydrogens is 741 g/mol. The number of ketones is 1. The van der Waals surface area contributed by atoms with E-state index in [1.165, 1.54) is 57.8 Å². The van der Waals surface area contributed by atoms with Crippen LogP contribution in [0.15, 0.2) is 60.8 Å². The van der Waals surface area contributed by atoms with Crippen molar-refractivity contribution in [2.45, 2.75) is 168 Å². The van der Waals surface area contributed by atoms with Crippen LogP contribution in [0.25, 0.3) is 0 Å². The highest BCUT2D eigenvalue weighted by Crippen LogP contribution is 2.38. The van der Waals surface area contributed by atoms with E-state index in [2.05, 4.69) is 50.3 Å². The summed E-state index contributed by atoms with van der Waals surface area (Å²) in [5.41, 5.74) is 0. The Morgan fingerprint density at radius 2 is 1.12 bits per heavy atom. The summed E-state index contributed by atoms with van der Waals surface area (Å²) in [6.45, 7) is 3.95. The van der Waals surface area contributed by atoms with E-state index in [1.807, 2.05) is 39.4 Å². The summed E-state index contributed by atoms with van der Waals surface area (Å²) < 4.78 is 33.7. The van der Waals surface area contributed by atoms with Gasteiger partial charge in [-0.05, 0) is 70.3 Å². The predicted octanol–water partition coefficient (Wildman–Crippen LogP) is 11.0. The lowest BCUT2D eigenvalue weighted by atomic mass is 10.1. The molecule has 0 saturated heterocycles. The van der Waals surface area contributed by atoms with Gasteiger partial charge in [-0.2, -0.15) is 0 Å². The zero-order valence-electron chi connectivity index (χ0n) is 36.5. The van der Waals surface area contributed by atoms with E-state index in [9.17, 15) is 23.8 Å². The summed E-state index contributed by atoms with van der Waals surface area (Å²) in [5.74, 6) is -0.875. The Bertz CT molecular complexity index is 1220. The van der Waals surface area contributed by atoms with Crippen LogP contribution in [0.3, 0.4) is 0 Å². The first-order valence-electron chi connectivity index (χ1n) is 21.9. The first-order valence-corrected chi connectivity index (χ1v) is 23.4. The molecule has 0 aromatic rings. The molecule has 0 radical (unpaired) electrons. The molecule has 328 valence electrons. The van der Waals surface area contributed by atoms with Crippen molar-refractivity contribution >= 4 is 25.5 Å². The number of unbranched alkanes of at least 4 members (excludes halogenated alkanes) is 14. The highest BCUT2D eigenvalue weighted by atomic mass is 31.2. The van der Waals surface area contributed by atoms with Crippen molar-refractivity contribution in [1.82, 2.24) is 0 Å². The SMILES string of the molecule is CCCCC/C=C\C=C\C(=O)CCCCCCCC(=O)OC[C@H](COP(=O)([O-])OCC[N+](C)(C)C)OC(=O)CCC/C=C\C/C=C\C/C=C\CCCCCCCC. The quantitative estimate of drug-likeness (QED) is 0.0113. The summed E-state index contributed by atoms with van der Waals surface area (Å²) in [7, 11) is 1.06. The number of ether oxygens (including phenoxy) is 2.